The maximum atomic E-state index is 13.9. The molecule has 0 aliphatic rings. The van der Waals surface area contributed by atoms with Crippen LogP contribution in [0.3, 0.4) is 0 Å². The second-order valence-corrected chi connectivity index (χ2v) is 11.6. The zero-order valence-corrected chi connectivity index (χ0v) is 24.8. The molecule has 218 valence electrons. The molecule has 0 radical (unpaired) electrons. The minimum absolute atomic E-state index is 0.0440. The van der Waals surface area contributed by atoms with E-state index >= 15 is 0 Å². The van der Waals surface area contributed by atoms with Gasteiger partial charge in [0.1, 0.15) is 0 Å². The number of aryl methyl sites for hydroxylation is 2. The summed E-state index contributed by atoms with van der Waals surface area (Å²) in [7, 11) is -4.18. The standard InChI is InChI=1S/C31H29ClN2O7S/c1-4-40-31(37)29-21(3)33-20(2)28(29)27(35)19-41-30(36)25-17-24(15-16-26(25)32)42(38,39)34(23-13-9-6-10-14-23)18-22-11-7-5-8-12-22/h5-17,33H,4,18-19H2,1-3H3. The molecule has 0 bridgehead atoms. The average molecular weight is 609 g/mol. The van der Waals surface area contributed by atoms with Gasteiger partial charge in [-0.1, -0.05) is 60.1 Å². The van der Waals surface area contributed by atoms with E-state index in [4.69, 9.17) is 21.1 Å². The number of ketones is 1. The Kier molecular flexibility index (Phi) is 9.49. The van der Waals surface area contributed by atoms with Crippen LogP contribution in [-0.2, 0) is 26.0 Å². The molecule has 0 saturated carbocycles. The second kappa shape index (κ2) is 13.1. The van der Waals surface area contributed by atoms with Crippen LogP contribution in [0.15, 0.2) is 83.8 Å². The van der Waals surface area contributed by atoms with Gasteiger partial charge in [0, 0.05) is 11.4 Å². The van der Waals surface area contributed by atoms with Gasteiger partial charge in [-0.15, -0.1) is 0 Å². The molecule has 0 spiro atoms. The number of para-hydroxylation sites is 1. The molecule has 0 fully saturated rings. The Bertz CT molecular complexity index is 1720. The zero-order chi connectivity index (χ0) is 30.4. The van der Waals surface area contributed by atoms with Crippen LogP contribution >= 0.6 is 11.6 Å². The Morgan fingerprint density at radius 2 is 1.45 bits per heavy atom. The van der Waals surface area contributed by atoms with Gasteiger partial charge in [0.05, 0.1) is 45.4 Å². The van der Waals surface area contributed by atoms with Gasteiger partial charge in [0.2, 0.25) is 5.78 Å². The lowest BCUT2D eigenvalue weighted by Crippen LogP contribution is -2.30. The number of carbonyl (C=O) groups excluding carboxylic acids is 3. The topological polar surface area (TPSA) is 123 Å². The third-order valence-corrected chi connectivity index (χ3v) is 8.53. The number of rotatable bonds is 11. The third kappa shape index (κ3) is 6.56. The summed E-state index contributed by atoms with van der Waals surface area (Å²) in [4.78, 5) is 41.3. The van der Waals surface area contributed by atoms with E-state index in [0.717, 1.165) is 11.6 Å². The summed E-state index contributed by atoms with van der Waals surface area (Å²) in [5.41, 5.74) is 1.95. The van der Waals surface area contributed by atoms with Gasteiger partial charge >= 0.3 is 11.9 Å². The highest BCUT2D eigenvalue weighted by Gasteiger charge is 2.29. The Balaban J connectivity index is 1.60. The van der Waals surface area contributed by atoms with E-state index in [9.17, 15) is 22.8 Å². The van der Waals surface area contributed by atoms with E-state index < -0.39 is 34.4 Å². The molecule has 0 aliphatic heterocycles. The molecule has 0 unspecified atom stereocenters. The number of hydrogen-bond acceptors (Lipinski definition) is 7. The maximum Gasteiger partial charge on any atom is 0.340 e. The number of halogens is 1. The van der Waals surface area contributed by atoms with E-state index in [-0.39, 0.29) is 39.8 Å². The Labute approximate surface area is 249 Å². The molecule has 0 saturated heterocycles. The van der Waals surface area contributed by atoms with Gasteiger partial charge in [-0.25, -0.2) is 18.0 Å². The monoisotopic (exact) mass is 608 g/mol. The fourth-order valence-corrected chi connectivity index (χ4v) is 6.15. The van der Waals surface area contributed by atoms with Crippen molar-refractivity contribution in [2.24, 2.45) is 0 Å². The number of nitrogens with one attached hydrogen (secondary N) is 1. The lowest BCUT2D eigenvalue weighted by atomic mass is 10.1. The molecule has 0 aliphatic carbocycles. The number of benzene rings is 3. The van der Waals surface area contributed by atoms with E-state index in [1.807, 2.05) is 30.3 Å². The predicted octanol–water partition coefficient (Wildman–Crippen LogP) is 5.90. The number of ether oxygens (including phenoxy) is 2. The normalized spacial score (nSPS) is 11.1. The summed E-state index contributed by atoms with van der Waals surface area (Å²) in [5.74, 6) is -2.30. The number of esters is 2. The highest BCUT2D eigenvalue weighted by Crippen LogP contribution is 2.29. The number of sulfonamides is 1. The molecular formula is C31H29ClN2O7S. The number of carbonyl (C=O) groups is 3. The molecule has 1 heterocycles. The van der Waals surface area contributed by atoms with Crippen LogP contribution < -0.4 is 4.31 Å². The number of aromatic amines is 1. The van der Waals surface area contributed by atoms with Crippen molar-refractivity contribution in [1.82, 2.24) is 4.98 Å². The van der Waals surface area contributed by atoms with Crippen molar-refractivity contribution in [3.05, 3.63) is 118 Å². The van der Waals surface area contributed by atoms with Crippen molar-refractivity contribution in [2.45, 2.75) is 32.2 Å². The van der Waals surface area contributed by atoms with Gasteiger partial charge < -0.3 is 14.5 Å². The van der Waals surface area contributed by atoms with E-state index in [2.05, 4.69) is 4.98 Å². The SMILES string of the molecule is CCOC(=O)c1c(C)[nH]c(C)c1C(=O)COC(=O)c1cc(S(=O)(=O)N(Cc2ccccc2)c2ccccc2)ccc1Cl. The molecule has 3 aromatic carbocycles. The first kappa shape index (κ1) is 30.5. The second-order valence-electron chi connectivity index (χ2n) is 9.32. The van der Waals surface area contributed by atoms with Crippen LogP contribution in [0.1, 0.15) is 54.9 Å². The maximum absolute atomic E-state index is 13.9. The van der Waals surface area contributed by atoms with Crippen LogP contribution in [-0.4, -0.2) is 44.3 Å². The first-order valence-corrected chi connectivity index (χ1v) is 14.8. The van der Waals surface area contributed by atoms with Crippen LogP contribution in [0.2, 0.25) is 5.02 Å². The fourth-order valence-electron chi connectivity index (χ4n) is 4.48. The van der Waals surface area contributed by atoms with Crippen LogP contribution in [0.5, 0.6) is 0 Å². The van der Waals surface area contributed by atoms with E-state index in [1.165, 1.54) is 16.4 Å². The summed E-state index contributed by atoms with van der Waals surface area (Å²) in [6, 6.07) is 21.4. The molecule has 42 heavy (non-hydrogen) atoms. The van der Waals surface area contributed by atoms with Crippen molar-refractivity contribution in [3.63, 3.8) is 0 Å². The van der Waals surface area contributed by atoms with Crippen LogP contribution in [0.25, 0.3) is 0 Å². The summed E-state index contributed by atoms with van der Waals surface area (Å²) >= 11 is 6.27. The lowest BCUT2D eigenvalue weighted by molar-refractivity contribution is 0.0472. The molecule has 0 amide bonds. The van der Waals surface area contributed by atoms with Crippen LogP contribution in [0.4, 0.5) is 5.69 Å². The largest absolute Gasteiger partial charge is 0.462 e. The Morgan fingerprint density at radius 3 is 2.10 bits per heavy atom. The zero-order valence-electron chi connectivity index (χ0n) is 23.2. The smallest absolute Gasteiger partial charge is 0.340 e. The lowest BCUT2D eigenvalue weighted by Gasteiger charge is -2.25. The summed E-state index contributed by atoms with van der Waals surface area (Å²) in [6.45, 7) is 4.35. The molecule has 0 atom stereocenters. The molecule has 4 aromatic rings. The highest BCUT2D eigenvalue weighted by molar-refractivity contribution is 7.92. The van der Waals surface area contributed by atoms with E-state index in [0.29, 0.717) is 17.1 Å². The van der Waals surface area contributed by atoms with E-state index in [1.54, 1.807) is 51.1 Å². The van der Waals surface area contributed by atoms with Gasteiger partial charge in [0.25, 0.3) is 10.0 Å². The van der Waals surface area contributed by atoms with Gasteiger partial charge in [-0.2, -0.15) is 0 Å². The van der Waals surface area contributed by atoms with Gasteiger partial charge in [-0.3, -0.25) is 9.10 Å². The first-order valence-electron chi connectivity index (χ1n) is 13.0. The number of hydrogen-bond donors (Lipinski definition) is 1. The van der Waals surface area contributed by atoms with Crippen molar-refractivity contribution < 1.29 is 32.3 Å². The minimum atomic E-state index is -4.18. The predicted molar refractivity (Wildman–Crippen MR) is 159 cm³/mol. The third-order valence-electron chi connectivity index (χ3n) is 6.43. The summed E-state index contributed by atoms with van der Waals surface area (Å²) in [5, 5.41) is -0.0541. The van der Waals surface area contributed by atoms with Crippen molar-refractivity contribution in [1.29, 1.82) is 0 Å². The summed E-state index contributed by atoms with van der Waals surface area (Å²) < 4.78 is 39.3. The molecular weight excluding hydrogens is 580 g/mol. The summed E-state index contributed by atoms with van der Waals surface area (Å²) in [6.07, 6.45) is 0. The van der Waals surface area contributed by atoms with Crippen molar-refractivity contribution in [3.8, 4) is 0 Å². The number of H-pyrrole nitrogens is 1. The fraction of sp³-hybridized carbons (Fsp3) is 0.194. The number of aromatic nitrogens is 1. The first-order chi connectivity index (χ1) is 20.0. The quantitative estimate of drug-likeness (QED) is 0.166. The minimum Gasteiger partial charge on any atom is -0.462 e. The number of nitrogens with zero attached hydrogens (tertiary/aromatic N) is 1. The Morgan fingerprint density at radius 1 is 0.833 bits per heavy atom. The molecule has 11 heteroatoms. The molecule has 1 aromatic heterocycles. The number of Topliss-reactive ketones (excluding diaryl/α,β-unsaturated/α-hetero) is 1. The molecule has 4 rings (SSSR count). The molecule has 1 N–H and O–H groups in total. The molecule has 9 nitrogen and oxygen atoms in total. The van der Waals surface area contributed by atoms with Gasteiger partial charge in [-0.05, 0) is 56.7 Å². The van der Waals surface area contributed by atoms with Crippen LogP contribution in [0, 0.1) is 13.8 Å². The van der Waals surface area contributed by atoms with Crippen molar-refractivity contribution in [2.75, 3.05) is 17.5 Å². The average Bonchev–Trinajstić information content (AvgIpc) is 3.29. The van der Waals surface area contributed by atoms with Gasteiger partial charge in [0.15, 0.2) is 6.61 Å². The highest BCUT2D eigenvalue weighted by atomic mass is 35.5. The number of anilines is 1. The Hall–Kier alpha value is -4.41. The van der Waals surface area contributed by atoms with Crippen molar-refractivity contribution >= 4 is 45.0 Å².